The van der Waals surface area contributed by atoms with Crippen LogP contribution >= 0.6 is 0 Å². The van der Waals surface area contributed by atoms with Crippen molar-refractivity contribution in [2.45, 2.75) is 31.9 Å². The molecule has 3 unspecified atom stereocenters. The molecule has 1 aliphatic heterocycles. The van der Waals surface area contributed by atoms with Gasteiger partial charge in [0.05, 0.1) is 0 Å². The first-order valence-corrected chi connectivity index (χ1v) is 4.71. The summed E-state index contributed by atoms with van der Waals surface area (Å²) in [6.45, 7) is 4.16. The summed E-state index contributed by atoms with van der Waals surface area (Å²) in [4.78, 5) is 0. The Bertz CT molecular complexity index is 309. The summed E-state index contributed by atoms with van der Waals surface area (Å²) in [5.74, 6) is 1.41. The maximum Gasteiger partial charge on any atom is 0.123 e. The molecule has 3 atom stereocenters. The van der Waals surface area contributed by atoms with Crippen molar-refractivity contribution in [3.8, 4) is 5.75 Å². The molecule has 13 heavy (non-hydrogen) atoms. The fourth-order valence-electron chi connectivity index (χ4n) is 1.95. The topological polar surface area (TPSA) is 35.2 Å². The van der Waals surface area contributed by atoms with Gasteiger partial charge in [-0.3, -0.25) is 0 Å². The molecule has 0 aromatic heterocycles. The minimum absolute atomic E-state index is 0.0856. The number of hydrogen-bond donors (Lipinski definition) is 1. The van der Waals surface area contributed by atoms with E-state index in [0.717, 1.165) is 5.75 Å². The molecule has 1 aliphatic rings. The van der Waals surface area contributed by atoms with Crippen molar-refractivity contribution in [1.82, 2.24) is 0 Å². The summed E-state index contributed by atoms with van der Waals surface area (Å²) in [5, 5.41) is 0. The SMILES string of the molecule is CC(N)C1Oc2ccccc2C1C. The fraction of sp³-hybridized carbons (Fsp3) is 0.455. The van der Waals surface area contributed by atoms with Crippen molar-refractivity contribution < 1.29 is 4.74 Å². The van der Waals surface area contributed by atoms with Crippen molar-refractivity contribution >= 4 is 0 Å². The molecule has 0 saturated heterocycles. The lowest BCUT2D eigenvalue weighted by Gasteiger charge is -2.18. The van der Waals surface area contributed by atoms with E-state index < -0.39 is 0 Å². The van der Waals surface area contributed by atoms with Crippen molar-refractivity contribution in [2.24, 2.45) is 5.73 Å². The first kappa shape index (κ1) is 8.57. The van der Waals surface area contributed by atoms with E-state index in [2.05, 4.69) is 13.0 Å². The molecule has 1 aromatic rings. The Hall–Kier alpha value is -1.02. The van der Waals surface area contributed by atoms with Gasteiger partial charge in [0.15, 0.2) is 0 Å². The molecule has 2 heteroatoms. The molecule has 2 rings (SSSR count). The maximum atomic E-state index is 5.84. The van der Waals surface area contributed by atoms with Crippen LogP contribution in [0.5, 0.6) is 5.75 Å². The van der Waals surface area contributed by atoms with Gasteiger partial charge in [-0.1, -0.05) is 25.1 Å². The third-order valence-corrected chi connectivity index (χ3v) is 2.68. The Morgan fingerprint density at radius 1 is 1.38 bits per heavy atom. The van der Waals surface area contributed by atoms with Crippen LogP contribution < -0.4 is 10.5 Å². The molecular formula is C11H15NO. The van der Waals surface area contributed by atoms with Crippen molar-refractivity contribution in [1.29, 1.82) is 0 Å². The van der Waals surface area contributed by atoms with Gasteiger partial charge in [0.1, 0.15) is 11.9 Å². The smallest absolute Gasteiger partial charge is 0.123 e. The van der Waals surface area contributed by atoms with E-state index >= 15 is 0 Å². The van der Waals surface area contributed by atoms with Gasteiger partial charge in [-0.25, -0.2) is 0 Å². The summed E-state index contributed by atoms with van der Waals surface area (Å²) in [7, 11) is 0. The highest BCUT2D eigenvalue weighted by Gasteiger charge is 2.32. The predicted molar refractivity (Wildman–Crippen MR) is 52.9 cm³/mol. The quantitative estimate of drug-likeness (QED) is 0.711. The largest absolute Gasteiger partial charge is 0.488 e. The third-order valence-electron chi connectivity index (χ3n) is 2.68. The van der Waals surface area contributed by atoms with Crippen molar-refractivity contribution in [3.63, 3.8) is 0 Å². The summed E-state index contributed by atoms with van der Waals surface area (Å²) >= 11 is 0. The molecule has 1 heterocycles. The van der Waals surface area contributed by atoms with Gasteiger partial charge >= 0.3 is 0 Å². The molecule has 70 valence electrons. The monoisotopic (exact) mass is 177 g/mol. The zero-order valence-corrected chi connectivity index (χ0v) is 8.03. The highest BCUT2D eigenvalue weighted by molar-refractivity contribution is 5.40. The zero-order chi connectivity index (χ0) is 9.42. The Morgan fingerprint density at radius 2 is 2.08 bits per heavy atom. The minimum Gasteiger partial charge on any atom is -0.488 e. The zero-order valence-electron chi connectivity index (χ0n) is 8.03. The molecule has 2 N–H and O–H groups in total. The van der Waals surface area contributed by atoms with Crippen LogP contribution in [0.4, 0.5) is 0 Å². The number of benzene rings is 1. The van der Waals surface area contributed by atoms with Crippen LogP contribution in [0.1, 0.15) is 25.3 Å². The van der Waals surface area contributed by atoms with Crippen LogP contribution in [0.15, 0.2) is 24.3 Å². The Labute approximate surface area is 78.7 Å². The van der Waals surface area contributed by atoms with Gasteiger partial charge in [0, 0.05) is 17.5 Å². The van der Waals surface area contributed by atoms with Gasteiger partial charge in [-0.15, -0.1) is 0 Å². The van der Waals surface area contributed by atoms with Gasteiger partial charge in [-0.05, 0) is 13.0 Å². The number of para-hydroxylation sites is 1. The third kappa shape index (κ3) is 1.31. The lowest BCUT2D eigenvalue weighted by atomic mass is 9.94. The maximum absolute atomic E-state index is 5.84. The number of nitrogens with two attached hydrogens (primary N) is 1. The first-order chi connectivity index (χ1) is 6.20. The van der Waals surface area contributed by atoms with Gasteiger partial charge in [0.2, 0.25) is 0 Å². The first-order valence-electron chi connectivity index (χ1n) is 4.71. The highest BCUT2D eigenvalue weighted by Crippen LogP contribution is 2.38. The second-order valence-corrected chi connectivity index (χ2v) is 3.77. The molecule has 0 saturated carbocycles. The molecule has 0 amide bonds. The van der Waals surface area contributed by atoms with E-state index in [1.165, 1.54) is 5.56 Å². The molecule has 0 aliphatic carbocycles. The van der Waals surface area contributed by atoms with Gasteiger partial charge < -0.3 is 10.5 Å². The summed E-state index contributed by atoms with van der Waals surface area (Å²) in [6.07, 6.45) is 0.136. The number of hydrogen-bond acceptors (Lipinski definition) is 2. The number of fused-ring (bicyclic) bond motifs is 1. The minimum atomic E-state index is 0.0856. The van der Waals surface area contributed by atoms with Crippen molar-refractivity contribution in [3.05, 3.63) is 29.8 Å². The molecule has 0 bridgehead atoms. The number of rotatable bonds is 1. The summed E-state index contributed by atoms with van der Waals surface area (Å²) < 4.78 is 5.76. The van der Waals surface area contributed by atoms with Gasteiger partial charge in [0.25, 0.3) is 0 Å². The predicted octanol–water partition coefficient (Wildman–Crippen LogP) is 1.90. The Kier molecular flexibility index (Phi) is 2.00. The van der Waals surface area contributed by atoms with Crippen LogP contribution in [0, 0.1) is 0 Å². The van der Waals surface area contributed by atoms with E-state index in [1.54, 1.807) is 0 Å². The van der Waals surface area contributed by atoms with E-state index in [4.69, 9.17) is 10.5 Å². The van der Waals surface area contributed by atoms with Crippen LogP contribution in [0.25, 0.3) is 0 Å². The molecular weight excluding hydrogens is 162 g/mol. The molecule has 0 fully saturated rings. The van der Waals surface area contributed by atoms with Crippen LogP contribution in [0.3, 0.4) is 0 Å². The summed E-state index contributed by atoms with van der Waals surface area (Å²) in [5.41, 5.74) is 7.12. The van der Waals surface area contributed by atoms with E-state index in [-0.39, 0.29) is 12.1 Å². The molecule has 1 aromatic carbocycles. The van der Waals surface area contributed by atoms with Crippen LogP contribution in [0.2, 0.25) is 0 Å². The van der Waals surface area contributed by atoms with E-state index in [1.807, 2.05) is 25.1 Å². The summed E-state index contributed by atoms with van der Waals surface area (Å²) in [6, 6.07) is 8.25. The van der Waals surface area contributed by atoms with Crippen molar-refractivity contribution in [2.75, 3.05) is 0 Å². The van der Waals surface area contributed by atoms with Gasteiger partial charge in [-0.2, -0.15) is 0 Å². The molecule has 2 nitrogen and oxygen atoms in total. The lowest BCUT2D eigenvalue weighted by molar-refractivity contribution is 0.185. The fourth-order valence-corrected chi connectivity index (χ4v) is 1.95. The van der Waals surface area contributed by atoms with E-state index in [9.17, 15) is 0 Å². The van der Waals surface area contributed by atoms with Crippen LogP contribution in [-0.4, -0.2) is 12.1 Å². The average Bonchev–Trinajstić information content (AvgIpc) is 2.45. The number of ether oxygens (including phenoxy) is 1. The molecule has 0 spiro atoms. The van der Waals surface area contributed by atoms with Crippen LogP contribution in [-0.2, 0) is 0 Å². The highest BCUT2D eigenvalue weighted by atomic mass is 16.5. The Balaban J connectivity index is 2.32. The Morgan fingerprint density at radius 3 is 2.69 bits per heavy atom. The lowest BCUT2D eigenvalue weighted by Crippen LogP contribution is -2.36. The average molecular weight is 177 g/mol. The second kappa shape index (κ2) is 3.04. The van der Waals surface area contributed by atoms with E-state index in [0.29, 0.717) is 5.92 Å². The standard InChI is InChI=1S/C11H15NO/c1-7-9-5-3-4-6-10(9)13-11(7)8(2)12/h3-8,11H,12H2,1-2H3. The second-order valence-electron chi connectivity index (χ2n) is 3.77. The molecule has 0 radical (unpaired) electrons. The normalized spacial score (nSPS) is 27.9.